The summed E-state index contributed by atoms with van der Waals surface area (Å²) in [7, 11) is 0. The van der Waals surface area contributed by atoms with Crippen molar-refractivity contribution in [2.75, 3.05) is 13.1 Å². The van der Waals surface area contributed by atoms with E-state index in [1.54, 1.807) is 24.4 Å². The third-order valence-corrected chi connectivity index (χ3v) is 6.47. The zero-order chi connectivity index (χ0) is 23.4. The number of hydrogen-bond donors (Lipinski definition) is 2. The Hall–Kier alpha value is -2.54. The predicted octanol–water partition coefficient (Wildman–Crippen LogP) is 5.00. The molecule has 0 bridgehead atoms. The second-order valence-electron chi connectivity index (χ2n) is 8.90. The quantitative estimate of drug-likeness (QED) is 0.511. The average Bonchev–Trinajstić information content (AvgIpc) is 2.80. The Balaban J connectivity index is 1.44. The first-order valence-electron chi connectivity index (χ1n) is 11.4. The van der Waals surface area contributed by atoms with Gasteiger partial charge in [-0.15, -0.1) is 0 Å². The van der Waals surface area contributed by atoms with E-state index in [1.807, 2.05) is 18.2 Å². The lowest BCUT2D eigenvalue weighted by atomic mass is 10.0. The molecule has 5 nitrogen and oxygen atoms in total. The normalized spacial score (nSPS) is 19.0. The molecule has 2 N–H and O–H groups in total. The second-order valence-corrected chi connectivity index (χ2v) is 9.31. The summed E-state index contributed by atoms with van der Waals surface area (Å²) >= 11 is 5.99. The molecule has 2 aromatic carbocycles. The number of phenols is 1. The lowest BCUT2D eigenvalue weighted by Gasteiger charge is -2.37. The molecule has 0 saturated carbocycles. The summed E-state index contributed by atoms with van der Waals surface area (Å²) in [5, 5.41) is 13.4. The number of nitrogens with one attached hydrogen (secondary N) is 1. The first kappa shape index (κ1) is 23.6. The number of halogens is 2. The monoisotopic (exact) mass is 468 g/mol. The molecule has 0 radical (unpaired) electrons. The fourth-order valence-corrected chi connectivity index (χ4v) is 4.45. The summed E-state index contributed by atoms with van der Waals surface area (Å²) in [6, 6.07) is 13.2. The molecule has 0 spiro atoms. The van der Waals surface area contributed by atoms with Gasteiger partial charge in [-0.2, -0.15) is 0 Å². The van der Waals surface area contributed by atoms with Gasteiger partial charge in [0.2, 0.25) is 0 Å². The lowest BCUT2D eigenvalue weighted by molar-refractivity contribution is 0.139. The van der Waals surface area contributed by atoms with Crippen LogP contribution >= 0.6 is 11.6 Å². The molecule has 0 unspecified atom stereocenters. The van der Waals surface area contributed by atoms with E-state index in [-0.39, 0.29) is 11.6 Å². The molecule has 0 aliphatic carbocycles. The first-order chi connectivity index (χ1) is 15.9. The van der Waals surface area contributed by atoms with Crippen LogP contribution in [0, 0.1) is 5.82 Å². The third kappa shape index (κ3) is 6.08. The van der Waals surface area contributed by atoms with Gasteiger partial charge in [0, 0.05) is 49.9 Å². The molecular formula is C26H30ClFN4O. The number of benzene rings is 2. The predicted molar refractivity (Wildman–Crippen MR) is 130 cm³/mol. The Morgan fingerprint density at radius 2 is 1.94 bits per heavy atom. The van der Waals surface area contributed by atoms with Crippen molar-refractivity contribution >= 4 is 11.6 Å². The topological polar surface area (TPSA) is 61.3 Å². The minimum Gasteiger partial charge on any atom is -0.506 e. The third-order valence-electron chi connectivity index (χ3n) is 6.17. The van der Waals surface area contributed by atoms with Gasteiger partial charge in [0.1, 0.15) is 17.4 Å². The van der Waals surface area contributed by atoms with Crippen molar-refractivity contribution in [3.8, 4) is 17.0 Å². The molecule has 3 aromatic rings. The van der Waals surface area contributed by atoms with Crippen LogP contribution in [0.4, 0.5) is 4.39 Å². The SMILES string of the molecule is C[C@H]1CN(Cc2ccc(F)c(-c3ccnc(CCCc4ccc(O)c(Cl)c4)n3)c2)[C@@H](C)CN1. The highest BCUT2D eigenvalue weighted by atomic mass is 35.5. The number of nitrogens with zero attached hydrogens (tertiary/aromatic N) is 3. The summed E-state index contributed by atoms with van der Waals surface area (Å²) in [5.41, 5.74) is 3.24. The number of rotatable bonds is 7. The molecule has 4 rings (SSSR count). The van der Waals surface area contributed by atoms with Gasteiger partial charge in [-0.3, -0.25) is 4.90 Å². The van der Waals surface area contributed by atoms with Gasteiger partial charge in [0.05, 0.1) is 10.7 Å². The van der Waals surface area contributed by atoms with Gasteiger partial charge >= 0.3 is 0 Å². The van der Waals surface area contributed by atoms with Crippen LogP contribution in [0.15, 0.2) is 48.7 Å². The molecular weight excluding hydrogens is 439 g/mol. The number of aromatic nitrogens is 2. The van der Waals surface area contributed by atoms with Gasteiger partial charge in [-0.25, -0.2) is 14.4 Å². The summed E-state index contributed by atoms with van der Waals surface area (Å²) in [6.45, 7) is 7.12. The Kier molecular flexibility index (Phi) is 7.58. The van der Waals surface area contributed by atoms with Crippen molar-refractivity contribution < 1.29 is 9.50 Å². The van der Waals surface area contributed by atoms with E-state index in [0.29, 0.717) is 40.6 Å². The van der Waals surface area contributed by atoms with E-state index in [1.165, 1.54) is 6.07 Å². The lowest BCUT2D eigenvalue weighted by Crippen LogP contribution is -2.53. The van der Waals surface area contributed by atoms with Crippen LogP contribution in [0.5, 0.6) is 5.75 Å². The van der Waals surface area contributed by atoms with E-state index in [0.717, 1.165) is 43.6 Å². The molecule has 1 aromatic heterocycles. The Labute approximate surface area is 199 Å². The maximum absolute atomic E-state index is 14.7. The van der Waals surface area contributed by atoms with E-state index in [9.17, 15) is 9.50 Å². The van der Waals surface area contributed by atoms with Crippen LogP contribution in [-0.2, 0) is 19.4 Å². The highest BCUT2D eigenvalue weighted by molar-refractivity contribution is 6.32. The van der Waals surface area contributed by atoms with E-state index in [4.69, 9.17) is 11.6 Å². The number of aryl methyl sites for hydroxylation is 2. The number of phenolic OH excluding ortho intramolecular Hbond substituents is 1. The molecule has 2 heterocycles. The van der Waals surface area contributed by atoms with Crippen LogP contribution < -0.4 is 5.32 Å². The summed E-state index contributed by atoms with van der Waals surface area (Å²) < 4.78 is 14.7. The fraction of sp³-hybridized carbons (Fsp3) is 0.385. The molecule has 1 aliphatic heterocycles. The van der Waals surface area contributed by atoms with Gasteiger partial charge in [0.25, 0.3) is 0 Å². The largest absolute Gasteiger partial charge is 0.506 e. The molecule has 2 atom stereocenters. The molecule has 1 saturated heterocycles. The number of piperazine rings is 1. The molecule has 1 aliphatic rings. The minimum atomic E-state index is -0.274. The van der Waals surface area contributed by atoms with Crippen LogP contribution in [0.2, 0.25) is 5.02 Å². The molecule has 174 valence electrons. The van der Waals surface area contributed by atoms with Crippen molar-refractivity contribution in [3.05, 3.63) is 76.5 Å². The smallest absolute Gasteiger partial charge is 0.134 e. The van der Waals surface area contributed by atoms with Gasteiger partial charge in [-0.1, -0.05) is 23.7 Å². The van der Waals surface area contributed by atoms with Crippen molar-refractivity contribution in [2.45, 2.75) is 51.7 Å². The molecule has 0 amide bonds. The standard InChI is InChI=1S/C26H30ClFN4O/c1-17-15-32(18(2)14-30-17)16-20-6-8-23(28)21(12-20)24-10-11-29-26(31-24)5-3-4-19-7-9-25(33)22(27)13-19/h6-13,17-18,30,33H,3-5,14-16H2,1-2H3/t17-,18-/m0/s1. The van der Waals surface area contributed by atoms with E-state index >= 15 is 0 Å². The Bertz CT molecular complexity index is 1110. The Morgan fingerprint density at radius 3 is 2.76 bits per heavy atom. The second kappa shape index (κ2) is 10.6. The summed E-state index contributed by atoms with van der Waals surface area (Å²) in [6.07, 6.45) is 3.98. The summed E-state index contributed by atoms with van der Waals surface area (Å²) in [4.78, 5) is 11.4. The Morgan fingerprint density at radius 1 is 1.12 bits per heavy atom. The van der Waals surface area contributed by atoms with Crippen molar-refractivity contribution in [3.63, 3.8) is 0 Å². The zero-order valence-corrected chi connectivity index (χ0v) is 19.8. The number of hydrogen-bond acceptors (Lipinski definition) is 5. The van der Waals surface area contributed by atoms with Gasteiger partial charge in [-0.05, 0) is 68.1 Å². The highest BCUT2D eigenvalue weighted by Gasteiger charge is 2.22. The van der Waals surface area contributed by atoms with Crippen LogP contribution in [0.3, 0.4) is 0 Å². The highest BCUT2D eigenvalue weighted by Crippen LogP contribution is 2.26. The first-order valence-corrected chi connectivity index (χ1v) is 11.8. The molecule has 33 heavy (non-hydrogen) atoms. The van der Waals surface area contributed by atoms with Gasteiger partial charge in [0.15, 0.2) is 0 Å². The maximum Gasteiger partial charge on any atom is 0.134 e. The van der Waals surface area contributed by atoms with Crippen LogP contribution in [-0.4, -0.2) is 45.1 Å². The minimum absolute atomic E-state index is 0.0848. The molecule has 1 fully saturated rings. The van der Waals surface area contributed by atoms with Crippen molar-refractivity contribution in [2.24, 2.45) is 0 Å². The van der Waals surface area contributed by atoms with Crippen molar-refractivity contribution in [1.29, 1.82) is 0 Å². The van der Waals surface area contributed by atoms with Gasteiger partial charge < -0.3 is 10.4 Å². The summed E-state index contributed by atoms with van der Waals surface area (Å²) in [5.74, 6) is 0.497. The van der Waals surface area contributed by atoms with Crippen LogP contribution in [0.25, 0.3) is 11.3 Å². The molecule has 7 heteroatoms. The maximum atomic E-state index is 14.7. The van der Waals surface area contributed by atoms with Crippen LogP contribution in [0.1, 0.15) is 37.2 Å². The zero-order valence-electron chi connectivity index (χ0n) is 19.1. The number of aromatic hydroxyl groups is 1. The fourth-order valence-electron chi connectivity index (χ4n) is 4.25. The van der Waals surface area contributed by atoms with Crippen molar-refractivity contribution in [1.82, 2.24) is 20.2 Å². The average molecular weight is 469 g/mol. The van der Waals surface area contributed by atoms with E-state index in [2.05, 4.69) is 34.0 Å². The van der Waals surface area contributed by atoms with E-state index < -0.39 is 0 Å².